The first-order valence-electron chi connectivity index (χ1n) is 6.22. The van der Waals surface area contributed by atoms with E-state index < -0.39 is 0 Å². The molecule has 0 unspecified atom stereocenters. The van der Waals surface area contributed by atoms with Gasteiger partial charge in [-0.3, -0.25) is 4.79 Å². The molecule has 0 spiro atoms. The average molecular weight is 396 g/mol. The second-order valence-corrected chi connectivity index (χ2v) is 6.44. The van der Waals surface area contributed by atoms with Crippen LogP contribution in [0.25, 0.3) is 0 Å². The molecule has 0 saturated heterocycles. The Kier molecular flexibility index (Phi) is 3.92. The van der Waals surface area contributed by atoms with Gasteiger partial charge in [-0.1, -0.05) is 22.0 Å². The van der Waals surface area contributed by atoms with Gasteiger partial charge in [0.2, 0.25) is 0 Å². The summed E-state index contributed by atoms with van der Waals surface area (Å²) in [6.07, 6.45) is 0. The molecule has 0 atom stereocenters. The van der Waals surface area contributed by atoms with Gasteiger partial charge in [0.1, 0.15) is 0 Å². The number of anilines is 1. The van der Waals surface area contributed by atoms with Gasteiger partial charge >= 0.3 is 0 Å². The van der Waals surface area contributed by atoms with Crippen LogP contribution in [0.1, 0.15) is 21.5 Å². The van der Waals surface area contributed by atoms with Crippen molar-refractivity contribution in [2.75, 3.05) is 5.32 Å². The molecule has 0 aromatic heterocycles. The van der Waals surface area contributed by atoms with Crippen LogP contribution in [0, 0.1) is 0 Å². The SMILES string of the molecule is O=C(Nc1cc(Br)ccc1Br)c1ccc2c(c1)CNC2. The highest BCUT2D eigenvalue weighted by Gasteiger charge is 2.14. The van der Waals surface area contributed by atoms with Gasteiger partial charge in [-0.15, -0.1) is 0 Å². The van der Waals surface area contributed by atoms with E-state index in [0.717, 1.165) is 27.7 Å². The molecule has 3 rings (SSSR count). The summed E-state index contributed by atoms with van der Waals surface area (Å²) in [7, 11) is 0. The summed E-state index contributed by atoms with van der Waals surface area (Å²) in [6.45, 7) is 1.71. The van der Waals surface area contributed by atoms with E-state index in [2.05, 4.69) is 42.5 Å². The molecule has 0 aliphatic carbocycles. The molecule has 2 aromatic carbocycles. The first-order chi connectivity index (χ1) is 9.63. The molecule has 0 fully saturated rings. The summed E-state index contributed by atoms with van der Waals surface area (Å²) in [5, 5.41) is 6.20. The fourth-order valence-electron chi connectivity index (χ4n) is 2.22. The van der Waals surface area contributed by atoms with Crippen molar-refractivity contribution in [3.8, 4) is 0 Å². The molecule has 0 saturated carbocycles. The monoisotopic (exact) mass is 394 g/mol. The lowest BCUT2D eigenvalue weighted by atomic mass is 10.1. The summed E-state index contributed by atoms with van der Waals surface area (Å²) in [4.78, 5) is 12.3. The van der Waals surface area contributed by atoms with Crippen molar-refractivity contribution < 1.29 is 4.79 Å². The Morgan fingerprint density at radius 3 is 2.70 bits per heavy atom. The first kappa shape index (κ1) is 13.8. The highest BCUT2D eigenvalue weighted by molar-refractivity contribution is 9.11. The summed E-state index contributed by atoms with van der Waals surface area (Å²) in [6, 6.07) is 11.5. The number of benzene rings is 2. The van der Waals surface area contributed by atoms with Crippen LogP contribution in [0.5, 0.6) is 0 Å². The molecule has 2 N–H and O–H groups in total. The van der Waals surface area contributed by atoms with Crippen LogP contribution in [-0.2, 0) is 13.1 Å². The minimum Gasteiger partial charge on any atom is -0.321 e. The fraction of sp³-hybridized carbons (Fsp3) is 0.133. The van der Waals surface area contributed by atoms with Gasteiger partial charge in [0, 0.05) is 27.6 Å². The average Bonchev–Trinajstić information content (AvgIpc) is 2.90. The maximum absolute atomic E-state index is 12.3. The highest BCUT2D eigenvalue weighted by atomic mass is 79.9. The van der Waals surface area contributed by atoms with Crippen LogP contribution in [0.3, 0.4) is 0 Å². The van der Waals surface area contributed by atoms with Crippen molar-refractivity contribution in [3.05, 3.63) is 62.0 Å². The molecule has 5 heteroatoms. The van der Waals surface area contributed by atoms with Crippen LogP contribution in [0.4, 0.5) is 5.69 Å². The number of amides is 1. The van der Waals surface area contributed by atoms with Crippen molar-refractivity contribution >= 4 is 43.5 Å². The second kappa shape index (κ2) is 5.68. The minimum atomic E-state index is -0.0986. The molecule has 20 heavy (non-hydrogen) atoms. The number of hydrogen-bond acceptors (Lipinski definition) is 2. The molecule has 1 amide bonds. The Morgan fingerprint density at radius 2 is 1.85 bits per heavy atom. The molecule has 1 aliphatic heterocycles. The van der Waals surface area contributed by atoms with Gasteiger partial charge in [-0.25, -0.2) is 0 Å². The highest BCUT2D eigenvalue weighted by Crippen LogP contribution is 2.27. The van der Waals surface area contributed by atoms with Crippen molar-refractivity contribution in [2.24, 2.45) is 0 Å². The van der Waals surface area contributed by atoms with Gasteiger partial charge in [0.05, 0.1) is 5.69 Å². The smallest absolute Gasteiger partial charge is 0.255 e. The number of hydrogen-bond donors (Lipinski definition) is 2. The van der Waals surface area contributed by atoms with Gasteiger partial charge in [-0.2, -0.15) is 0 Å². The van der Waals surface area contributed by atoms with Gasteiger partial charge < -0.3 is 10.6 Å². The number of fused-ring (bicyclic) bond motifs is 1. The van der Waals surface area contributed by atoms with Crippen LogP contribution in [0.15, 0.2) is 45.3 Å². The van der Waals surface area contributed by atoms with Crippen molar-refractivity contribution in [1.29, 1.82) is 0 Å². The molecular weight excluding hydrogens is 384 g/mol. The predicted octanol–water partition coefficient (Wildman–Crippen LogP) is 4.07. The van der Waals surface area contributed by atoms with Crippen LogP contribution < -0.4 is 10.6 Å². The topological polar surface area (TPSA) is 41.1 Å². The molecule has 0 radical (unpaired) electrons. The second-order valence-electron chi connectivity index (χ2n) is 4.67. The Balaban J connectivity index is 1.84. The van der Waals surface area contributed by atoms with Crippen molar-refractivity contribution in [3.63, 3.8) is 0 Å². The summed E-state index contributed by atoms with van der Waals surface area (Å²) in [5.41, 5.74) is 3.90. The molecule has 1 aliphatic rings. The van der Waals surface area contributed by atoms with Crippen LogP contribution in [0.2, 0.25) is 0 Å². The number of rotatable bonds is 2. The standard InChI is InChI=1S/C15H12Br2N2O/c16-12-3-4-13(17)14(6-12)19-15(20)9-1-2-10-7-18-8-11(10)5-9/h1-6,18H,7-8H2,(H,19,20). The Morgan fingerprint density at radius 1 is 1.05 bits per heavy atom. The van der Waals surface area contributed by atoms with Crippen molar-refractivity contribution in [1.82, 2.24) is 5.32 Å². The Labute approximate surface area is 134 Å². The van der Waals surface area contributed by atoms with Crippen molar-refractivity contribution in [2.45, 2.75) is 13.1 Å². The molecule has 102 valence electrons. The van der Waals surface area contributed by atoms with E-state index in [4.69, 9.17) is 0 Å². The summed E-state index contributed by atoms with van der Waals surface area (Å²) in [5.74, 6) is -0.0986. The maximum atomic E-state index is 12.3. The molecule has 1 heterocycles. The third kappa shape index (κ3) is 2.80. The van der Waals surface area contributed by atoms with E-state index in [1.807, 2.05) is 36.4 Å². The third-order valence-electron chi connectivity index (χ3n) is 3.28. The van der Waals surface area contributed by atoms with Gasteiger partial charge in [-0.05, 0) is 57.4 Å². The zero-order valence-electron chi connectivity index (χ0n) is 10.5. The quantitative estimate of drug-likeness (QED) is 0.804. The van der Waals surface area contributed by atoms with E-state index in [-0.39, 0.29) is 5.91 Å². The lowest BCUT2D eigenvalue weighted by Gasteiger charge is -2.09. The van der Waals surface area contributed by atoms with E-state index in [1.54, 1.807) is 0 Å². The fourth-order valence-corrected chi connectivity index (χ4v) is 2.93. The van der Waals surface area contributed by atoms with E-state index in [9.17, 15) is 4.79 Å². The molecule has 2 aromatic rings. The lowest BCUT2D eigenvalue weighted by Crippen LogP contribution is -2.12. The zero-order valence-corrected chi connectivity index (χ0v) is 13.7. The van der Waals surface area contributed by atoms with E-state index in [0.29, 0.717) is 5.56 Å². The number of halogens is 2. The summed E-state index contributed by atoms with van der Waals surface area (Å²) >= 11 is 6.84. The third-order valence-corrected chi connectivity index (χ3v) is 4.46. The predicted molar refractivity (Wildman–Crippen MR) is 86.8 cm³/mol. The number of nitrogens with one attached hydrogen (secondary N) is 2. The number of carbonyl (C=O) groups excluding carboxylic acids is 1. The first-order valence-corrected chi connectivity index (χ1v) is 7.81. The molecular formula is C15H12Br2N2O. The lowest BCUT2D eigenvalue weighted by molar-refractivity contribution is 0.102. The summed E-state index contributed by atoms with van der Waals surface area (Å²) < 4.78 is 1.78. The van der Waals surface area contributed by atoms with Gasteiger partial charge in [0.15, 0.2) is 0 Å². The van der Waals surface area contributed by atoms with Crippen LogP contribution >= 0.6 is 31.9 Å². The number of carbonyl (C=O) groups is 1. The van der Waals surface area contributed by atoms with Gasteiger partial charge in [0.25, 0.3) is 5.91 Å². The van der Waals surface area contributed by atoms with E-state index >= 15 is 0 Å². The zero-order chi connectivity index (χ0) is 14.1. The largest absolute Gasteiger partial charge is 0.321 e. The molecule has 3 nitrogen and oxygen atoms in total. The Bertz CT molecular complexity index is 686. The maximum Gasteiger partial charge on any atom is 0.255 e. The normalized spacial score (nSPS) is 13.1. The van der Waals surface area contributed by atoms with Crippen LogP contribution in [-0.4, -0.2) is 5.91 Å². The van der Waals surface area contributed by atoms with E-state index in [1.165, 1.54) is 11.1 Å². The minimum absolute atomic E-state index is 0.0986. The Hall–Kier alpha value is -1.17. The molecule has 0 bridgehead atoms.